The van der Waals surface area contributed by atoms with E-state index in [9.17, 15) is 0 Å². The van der Waals surface area contributed by atoms with Crippen molar-refractivity contribution in [2.75, 3.05) is 26.7 Å². The zero-order valence-corrected chi connectivity index (χ0v) is 12.5. The minimum atomic E-state index is 0.255. The van der Waals surface area contributed by atoms with E-state index in [1.807, 2.05) is 42.5 Å². The quantitative estimate of drug-likeness (QED) is 0.807. The highest BCUT2D eigenvalue weighted by Crippen LogP contribution is 2.21. The number of rotatable bonds is 8. The molecule has 0 saturated heterocycles. The molecule has 2 aromatic carbocycles. The van der Waals surface area contributed by atoms with Gasteiger partial charge in [0.2, 0.25) is 0 Å². The summed E-state index contributed by atoms with van der Waals surface area (Å²) in [6, 6.07) is 18.0. The van der Waals surface area contributed by atoms with Gasteiger partial charge in [-0.2, -0.15) is 0 Å². The van der Waals surface area contributed by atoms with E-state index >= 15 is 0 Å². The largest absolute Gasteiger partial charge is 0.457 e. The number of aliphatic hydroxyl groups is 1. The second kappa shape index (κ2) is 8.45. The highest BCUT2D eigenvalue weighted by Gasteiger charge is 2.02. The molecule has 1 N–H and O–H groups in total. The molecule has 21 heavy (non-hydrogen) atoms. The SMILES string of the molecule is CN(CCCO)CCc1cccc(Oc2ccccc2)c1. The van der Waals surface area contributed by atoms with Gasteiger partial charge in [0.05, 0.1) is 0 Å². The second-order valence-corrected chi connectivity index (χ2v) is 5.19. The number of nitrogens with zero attached hydrogens (tertiary/aromatic N) is 1. The fraction of sp³-hybridized carbons (Fsp3) is 0.333. The van der Waals surface area contributed by atoms with Crippen LogP contribution >= 0.6 is 0 Å². The lowest BCUT2D eigenvalue weighted by atomic mass is 10.1. The summed E-state index contributed by atoms with van der Waals surface area (Å²) in [4.78, 5) is 2.24. The lowest BCUT2D eigenvalue weighted by Gasteiger charge is -2.16. The van der Waals surface area contributed by atoms with Crippen LogP contribution in [-0.4, -0.2) is 36.8 Å². The number of hydrogen-bond acceptors (Lipinski definition) is 3. The van der Waals surface area contributed by atoms with Crippen molar-refractivity contribution < 1.29 is 9.84 Å². The predicted molar refractivity (Wildman–Crippen MR) is 85.9 cm³/mol. The summed E-state index contributed by atoms with van der Waals surface area (Å²) in [5.41, 5.74) is 1.26. The second-order valence-electron chi connectivity index (χ2n) is 5.19. The summed E-state index contributed by atoms with van der Waals surface area (Å²) < 4.78 is 5.84. The number of likely N-dealkylation sites (N-methyl/N-ethyl adjacent to an activating group) is 1. The van der Waals surface area contributed by atoms with Crippen LogP contribution in [0.25, 0.3) is 0 Å². The van der Waals surface area contributed by atoms with E-state index in [2.05, 4.69) is 24.1 Å². The first-order valence-electron chi connectivity index (χ1n) is 7.39. The Labute approximate surface area is 126 Å². The van der Waals surface area contributed by atoms with E-state index in [1.54, 1.807) is 0 Å². The maximum absolute atomic E-state index is 8.83. The first-order valence-corrected chi connectivity index (χ1v) is 7.39. The van der Waals surface area contributed by atoms with Gasteiger partial charge in [-0.05, 0) is 49.7 Å². The third-order valence-corrected chi connectivity index (χ3v) is 3.36. The van der Waals surface area contributed by atoms with E-state index in [1.165, 1.54) is 5.56 Å². The van der Waals surface area contributed by atoms with Gasteiger partial charge in [0.1, 0.15) is 11.5 Å². The number of ether oxygens (including phenoxy) is 1. The van der Waals surface area contributed by atoms with Crippen molar-refractivity contribution in [2.45, 2.75) is 12.8 Å². The molecule has 3 heteroatoms. The van der Waals surface area contributed by atoms with E-state index in [-0.39, 0.29) is 6.61 Å². The zero-order chi connectivity index (χ0) is 14.9. The van der Waals surface area contributed by atoms with Crippen LogP contribution in [0.4, 0.5) is 0 Å². The van der Waals surface area contributed by atoms with Crippen LogP contribution in [0.2, 0.25) is 0 Å². The fourth-order valence-corrected chi connectivity index (χ4v) is 2.16. The summed E-state index contributed by atoms with van der Waals surface area (Å²) in [6.07, 6.45) is 1.81. The van der Waals surface area contributed by atoms with E-state index in [4.69, 9.17) is 9.84 Å². The van der Waals surface area contributed by atoms with Gasteiger partial charge in [0.15, 0.2) is 0 Å². The van der Waals surface area contributed by atoms with Crippen LogP contribution in [0.15, 0.2) is 54.6 Å². The summed E-state index contributed by atoms with van der Waals surface area (Å²) in [6.45, 7) is 2.16. The lowest BCUT2D eigenvalue weighted by Crippen LogP contribution is -2.23. The van der Waals surface area contributed by atoms with Crippen molar-refractivity contribution in [3.63, 3.8) is 0 Å². The topological polar surface area (TPSA) is 32.7 Å². The Hall–Kier alpha value is -1.84. The van der Waals surface area contributed by atoms with Gasteiger partial charge < -0.3 is 14.7 Å². The molecule has 112 valence electrons. The van der Waals surface area contributed by atoms with Gasteiger partial charge in [0, 0.05) is 19.7 Å². The summed E-state index contributed by atoms with van der Waals surface area (Å²) in [7, 11) is 2.08. The van der Waals surface area contributed by atoms with Crippen LogP contribution in [0.1, 0.15) is 12.0 Å². The predicted octanol–water partition coefficient (Wildman–Crippen LogP) is 3.34. The maximum atomic E-state index is 8.83. The Kier molecular flexibility index (Phi) is 6.25. The number of hydrogen-bond donors (Lipinski definition) is 1. The van der Waals surface area contributed by atoms with E-state index in [0.29, 0.717) is 0 Å². The molecule has 0 radical (unpaired) electrons. The minimum absolute atomic E-state index is 0.255. The third-order valence-electron chi connectivity index (χ3n) is 3.36. The lowest BCUT2D eigenvalue weighted by molar-refractivity contribution is 0.248. The summed E-state index contributed by atoms with van der Waals surface area (Å²) >= 11 is 0. The van der Waals surface area contributed by atoms with Gasteiger partial charge in [-0.3, -0.25) is 0 Å². The molecule has 0 aromatic heterocycles. The average molecular weight is 285 g/mol. The minimum Gasteiger partial charge on any atom is -0.457 e. The highest BCUT2D eigenvalue weighted by molar-refractivity contribution is 5.33. The molecule has 0 fully saturated rings. The standard InChI is InChI=1S/C18H23NO2/c1-19(12-6-14-20)13-11-16-7-5-10-18(15-16)21-17-8-3-2-4-9-17/h2-5,7-10,15,20H,6,11-14H2,1H3. The van der Waals surface area contributed by atoms with Gasteiger partial charge in [0.25, 0.3) is 0 Å². The van der Waals surface area contributed by atoms with Gasteiger partial charge in [-0.25, -0.2) is 0 Å². The first kappa shape index (κ1) is 15.5. The molecule has 2 rings (SSSR count). The zero-order valence-electron chi connectivity index (χ0n) is 12.5. The Morgan fingerprint density at radius 1 is 0.952 bits per heavy atom. The summed E-state index contributed by atoms with van der Waals surface area (Å²) in [5, 5.41) is 8.83. The average Bonchev–Trinajstić information content (AvgIpc) is 2.52. The van der Waals surface area contributed by atoms with Gasteiger partial charge in [-0.1, -0.05) is 30.3 Å². The number of para-hydroxylation sites is 1. The molecule has 0 unspecified atom stereocenters. The molecule has 0 atom stereocenters. The molecule has 3 nitrogen and oxygen atoms in total. The van der Waals surface area contributed by atoms with Crippen molar-refractivity contribution in [3.05, 3.63) is 60.2 Å². The fourth-order valence-electron chi connectivity index (χ4n) is 2.16. The Bertz CT molecular complexity index is 528. The van der Waals surface area contributed by atoms with E-state index < -0.39 is 0 Å². The van der Waals surface area contributed by atoms with Crippen LogP contribution in [0.5, 0.6) is 11.5 Å². The maximum Gasteiger partial charge on any atom is 0.127 e. The Morgan fingerprint density at radius 2 is 1.71 bits per heavy atom. The highest BCUT2D eigenvalue weighted by atomic mass is 16.5. The Morgan fingerprint density at radius 3 is 2.48 bits per heavy atom. The third kappa shape index (κ3) is 5.58. The van der Waals surface area contributed by atoms with Gasteiger partial charge in [-0.15, -0.1) is 0 Å². The summed E-state index contributed by atoms with van der Waals surface area (Å²) in [5.74, 6) is 1.73. The molecule has 2 aromatic rings. The van der Waals surface area contributed by atoms with Crippen molar-refractivity contribution in [1.82, 2.24) is 4.90 Å². The number of benzene rings is 2. The molecule has 0 aliphatic rings. The molecular weight excluding hydrogens is 262 g/mol. The molecule has 0 amide bonds. The van der Waals surface area contributed by atoms with Crippen LogP contribution in [0, 0.1) is 0 Å². The van der Waals surface area contributed by atoms with Crippen LogP contribution in [0.3, 0.4) is 0 Å². The Balaban J connectivity index is 1.89. The van der Waals surface area contributed by atoms with E-state index in [0.717, 1.165) is 37.4 Å². The first-order chi connectivity index (χ1) is 10.3. The molecular formula is C18H23NO2. The normalized spacial score (nSPS) is 10.8. The molecule has 0 aliphatic heterocycles. The monoisotopic (exact) mass is 285 g/mol. The molecule has 0 saturated carbocycles. The molecule has 0 spiro atoms. The number of aliphatic hydroxyl groups excluding tert-OH is 1. The van der Waals surface area contributed by atoms with Crippen molar-refractivity contribution in [3.8, 4) is 11.5 Å². The van der Waals surface area contributed by atoms with Crippen molar-refractivity contribution >= 4 is 0 Å². The van der Waals surface area contributed by atoms with Crippen LogP contribution < -0.4 is 4.74 Å². The van der Waals surface area contributed by atoms with Crippen LogP contribution in [-0.2, 0) is 6.42 Å². The molecule has 0 bridgehead atoms. The smallest absolute Gasteiger partial charge is 0.127 e. The van der Waals surface area contributed by atoms with Crippen molar-refractivity contribution in [1.29, 1.82) is 0 Å². The molecule has 0 aliphatic carbocycles. The molecule has 0 heterocycles. The van der Waals surface area contributed by atoms with Crippen molar-refractivity contribution in [2.24, 2.45) is 0 Å². The van der Waals surface area contributed by atoms with Gasteiger partial charge >= 0.3 is 0 Å².